The van der Waals surface area contributed by atoms with Gasteiger partial charge in [-0.1, -0.05) is 0 Å². The maximum atomic E-state index is 12.2. The fourth-order valence-electron chi connectivity index (χ4n) is 2.07. The smallest absolute Gasteiger partial charge is 0.345 e. The molecule has 0 atom stereocenters. The number of halogens is 2. The number of hydrogen-bond acceptors (Lipinski definition) is 4. The lowest BCUT2D eigenvalue weighted by atomic mass is 10.2. The van der Waals surface area contributed by atoms with Crippen molar-refractivity contribution in [3.63, 3.8) is 0 Å². The Labute approximate surface area is 118 Å². The van der Waals surface area contributed by atoms with E-state index in [0.29, 0.717) is 31.7 Å². The van der Waals surface area contributed by atoms with Gasteiger partial charge in [-0.05, 0) is 6.07 Å². The van der Waals surface area contributed by atoms with Gasteiger partial charge < -0.3 is 10.0 Å². The number of carboxylic acids is 1. The van der Waals surface area contributed by atoms with Crippen molar-refractivity contribution < 1.29 is 23.5 Å². The molecule has 0 aliphatic carbocycles. The highest BCUT2D eigenvalue weighted by atomic mass is 32.1. The van der Waals surface area contributed by atoms with Crippen molar-refractivity contribution in [3.8, 4) is 0 Å². The predicted molar refractivity (Wildman–Crippen MR) is 69.6 cm³/mol. The number of thiophene rings is 1. The van der Waals surface area contributed by atoms with Crippen LogP contribution in [-0.2, 0) is 0 Å². The highest BCUT2D eigenvalue weighted by Crippen LogP contribution is 2.17. The lowest BCUT2D eigenvalue weighted by Crippen LogP contribution is -2.49. The van der Waals surface area contributed by atoms with E-state index in [0.717, 1.165) is 11.3 Å². The molecule has 1 N–H and O–H groups in total. The van der Waals surface area contributed by atoms with Crippen molar-refractivity contribution in [2.24, 2.45) is 0 Å². The van der Waals surface area contributed by atoms with Crippen LogP contribution in [0.4, 0.5) is 8.78 Å². The molecule has 1 amide bonds. The summed E-state index contributed by atoms with van der Waals surface area (Å²) >= 11 is 1.00. The molecule has 0 radical (unpaired) electrons. The summed E-state index contributed by atoms with van der Waals surface area (Å²) in [6.07, 6.45) is -2.37. The first kappa shape index (κ1) is 14.9. The van der Waals surface area contributed by atoms with Gasteiger partial charge in [-0.3, -0.25) is 9.69 Å². The van der Waals surface area contributed by atoms with Gasteiger partial charge in [0.15, 0.2) is 0 Å². The minimum atomic E-state index is -2.37. The van der Waals surface area contributed by atoms with E-state index in [-0.39, 0.29) is 17.3 Å². The van der Waals surface area contributed by atoms with Crippen molar-refractivity contribution in [2.75, 3.05) is 32.7 Å². The molecule has 20 heavy (non-hydrogen) atoms. The Morgan fingerprint density at radius 2 is 1.95 bits per heavy atom. The van der Waals surface area contributed by atoms with Crippen molar-refractivity contribution in [3.05, 3.63) is 21.9 Å². The van der Waals surface area contributed by atoms with Crippen LogP contribution in [0.1, 0.15) is 20.0 Å². The minimum Gasteiger partial charge on any atom is -0.477 e. The predicted octanol–water partition coefficient (Wildman–Crippen LogP) is 1.47. The summed E-state index contributed by atoms with van der Waals surface area (Å²) in [5.74, 6) is -1.30. The second-order valence-electron chi connectivity index (χ2n) is 4.49. The van der Waals surface area contributed by atoms with E-state index >= 15 is 0 Å². The highest BCUT2D eigenvalue weighted by Gasteiger charge is 2.24. The Hall–Kier alpha value is -1.54. The van der Waals surface area contributed by atoms with Gasteiger partial charge in [0.25, 0.3) is 12.3 Å². The number of piperazine rings is 1. The molecule has 8 heteroatoms. The zero-order chi connectivity index (χ0) is 14.7. The average molecular weight is 304 g/mol. The molecule has 1 aromatic heterocycles. The number of amides is 1. The number of hydrogen-bond donors (Lipinski definition) is 1. The second kappa shape index (κ2) is 6.27. The van der Waals surface area contributed by atoms with Crippen LogP contribution in [0.2, 0.25) is 0 Å². The maximum Gasteiger partial charge on any atom is 0.345 e. The largest absolute Gasteiger partial charge is 0.477 e. The molecule has 0 unspecified atom stereocenters. The summed E-state index contributed by atoms with van der Waals surface area (Å²) in [6.45, 7) is 1.30. The number of nitrogens with zero attached hydrogens (tertiary/aromatic N) is 2. The van der Waals surface area contributed by atoms with Gasteiger partial charge in [0.1, 0.15) is 4.88 Å². The number of aromatic carboxylic acids is 1. The van der Waals surface area contributed by atoms with Crippen LogP contribution >= 0.6 is 11.3 Å². The number of alkyl halides is 2. The fourth-order valence-corrected chi connectivity index (χ4v) is 2.79. The molecule has 1 aliphatic rings. The van der Waals surface area contributed by atoms with Crippen LogP contribution in [0.5, 0.6) is 0 Å². The first-order chi connectivity index (χ1) is 9.47. The third kappa shape index (κ3) is 3.51. The standard InChI is InChI=1S/C12H14F2N2O3S/c13-10(14)6-15-1-3-16(4-2-15)11(17)8-5-9(12(18)19)20-7-8/h5,7,10H,1-4,6H2,(H,18,19). The van der Waals surface area contributed by atoms with E-state index in [1.807, 2.05) is 0 Å². The van der Waals surface area contributed by atoms with Gasteiger partial charge in [-0.2, -0.15) is 0 Å². The molecule has 1 aliphatic heterocycles. The molecule has 0 spiro atoms. The normalized spacial score (nSPS) is 16.6. The summed E-state index contributed by atoms with van der Waals surface area (Å²) in [5, 5.41) is 10.3. The number of carbonyl (C=O) groups is 2. The Morgan fingerprint density at radius 3 is 2.45 bits per heavy atom. The van der Waals surface area contributed by atoms with E-state index in [9.17, 15) is 18.4 Å². The van der Waals surface area contributed by atoms with E-state index in [1.54, 1.807) is 9.80 Å². The lowest BCUT2D eigenvalue weighted by molar-refractivity contribution is 0.0459. The van der Waals surface area contributed by atoms with E-state index in [1.165, 1.54) is 11.4 Å². The number of carbonyl (C=O) groups excluding carboxylic acids is 1. The SMILES string of the molecule is O=C(O)c1cc(C(=O)N2CCN(CC(F)F)CC2)cs1. The van der Waals surface area contributed by atoms with Crippen molar-refractivity contribution in [2.45, 2.75) is 6.43 Å². The molecule has 1 aromatic rings. The summed E-state index contributed by atoms with van der Waals surface area (Å²) in [6, 6.07) is 1.35. The fraction of sp³-hybridized carbons (Fsp3) is 0.500. The third-order valence-corrected chi connectivity index (χ3v) is 4.03. The zero-order valence-corrected chi connectivity index (χ0v) is 11.4. The molecule has 0 bridgehead atoms. The zero-order valence-electron chi connectivity index (χ0n) is 10.6. The molecule has 0 saturated carbocycles. The average Bonchev–Trinajstić information content (AvgIpc) is 2.88. The molecule has 2 heterocycles. The molecule has 1 saturated heterocycles. The molecular formula is C12H14F2N2O3S. The summed E-state index contributed by atoms with van der Waals surface area (Å²) in [5.41, 5.74) is 0.342. The molecule has 2 rings (SSSR count). The van der Waals surface area contributed by atoms with E-state index in [4.69, 9.17) is 5.11 Å². The third-order valence-electron chi connectivity index (χ3n) is 3.11. The summed E-state index contributed by atoms with van der Waals surface area (Å²) in [4.78, 5) is 26.2. The van der Waals surface area contributed by atoms with Crippen LogP contribution in [0.25, 0.3) is 0 Å². The van der Waals surface area contributed by atoms with Crippen LogP contribution in [0.15, 0.2) is 11.4 Å². The number of rotatable bonds is 4. The van der Waals surface area contributed by atoms with Gasteiger partial charge >= 0.3 is 5.97 Å². The van der Waals surface area contributed by atoms with Gasteiger partial charge in [0.05, 0.1) is 12.1 Å². The molecule has 1 fully saturated rings. The Morgan fingerprint density at radius 1 is 1.30 bits per heavy atom. The van der Waals surface area contributed by atoms with Gasteiger partial charge in [0, 0.05) is 31.6 Å². The van der Waals surface area contributed by atoms with Crippen LogP contribution in [-0.4, -0.2) is 65.9 Å². The minimum absolute atomic E-state index is 0.115. The van der Waals surface area contributed by atoms with Crippen LogP contribution < -0.4 is 0 Å². The first-order valence-corrected chi connectivity index (χ1v) is 6.97. The lowest BCUT2D eigenvalue weighted by Gasteiger charge is -2.34. The summed E-state index contributed by atoms with van der Waals surface area (Å²) < 4.78 is 24.5. The van der Waals surface area contributed by atoms with Gasteiger partial charge in [-0.25, -0.2) is 13.6 Å². The first-order valence-electron chi connectivity index (χ1n) is 6.09. The maximum absolute atomic E-state index is 12.2. The topological polar surface area (TPSA) is 60.9 Å². The number of carboxylic acid groups (broad SMARTS) is 1. The van der Waals surface area contributed by atoms with Crippen molar-refractivity contribution in [1.82, 2.24) is 9.80 Å². The Balaban J connectivity index is 1.92. The van der Waals surface area contributed by atoms with Gasteiger partial charge in [-0.15, -0.1) is 11.3 Å². The molecular weight excluding hydrogens is 290 g/mol. The molecule has 5 nitrogen and oxygen atoms in total. The van der Waals surface area contributed by atoms with Crippen LogP contribution in [0.3, 0.4) is 0 Å². The van der Waals surface area contributed by atoms with E-state index in [2.05, 4.69) is 0 Å². The molecule has 0 aromatic carbocycles. The van der Waals surface area contributed by atoms with E-state index < -0.39 is 12.4 Å². The Bertz CT molecular complexity index is 499. The van der Waals surface area contributed by atoms with Crippen molar-refractivity contribution >= 4 is 23.2 Å². The monoisotopic (exact) mass is 304 g/mol. The molecule has 110 valence electrons. The van der Waals surface area contributed by atoms with Gasteiger partial charge in [0.2, 0.25) is 0 Å². The quantitative estimate of drug-likeness (QED) is 0.915. The van der Waals surface area contributed by atoms with Crippen LogP contribution in [0, 0.1) is 0 Å². The van der Waals surface area contributed by atoms with Crippen molar-refractivity contribution in [1.29, 1.82) is 0 Å². The summed E-state index contributed by atoms with van der Waals surface area (Å²) in [7, 11) is 0. The highest BCUT2D eigenvalue weighted by molar-refractivity contribution is 7.12. The Kier molecular flexibility index (Phi) is 4.66. The second-order valence-corrected chi connectivity index (χ2v) is 5.40.